The quantitative estimate of drug-likeness (QED) is 0.503. The molecule has 0 unspecified atom stereocenters. The number of thioether (sulfide) groups is 1. The number of hydrogen-bond acceptors (Lipinski definition) is 7. The molecule has 3 aromatic rings. The SMILES string of the molecule is Cn1nnnc1SCC(=O)Nc1ccc(C(=O)NCCN2CCc3ccccc3C2)cc1. The average Bonchev–Trinajstić information content (AvgIpc) is 3.22. The van der Waals surface area contributed by atoms with Gasteiger partial charge in [-0.25, -0.2) is 4.68 Å². The third-order valence-electron chi connectivity index (χ3n) is 5.27. The van der Waals surface area contributed by atoms with Crippen molar-refractivity contribution < 1.29 is 9.59 Å². The Kier molecular flexibility index (Phi) is 7.13. The number of amides is 2. The highest BCUT2D eigenvalue weighted by Gasteiger charge is 2.15. The molecule has 0 fully saturated rings. The molecule has 1 aliphatic heterocycles. The van der Waals surface area contributed by atoms with Crippen LogP contribution in [0.25, 0.3) is 0 Å². The summed E-state index contributed by atoms with van der Waals surface area (Å²) in [7, 11) is 1.72. The molecule has 0 radical (unpaired) electrons. The first-order valence-electron chi connectivity index (χ1n) is 10.4. The van der Waals surface area contributed by atoms with E-state index in [-0.39, 0.29) is 17.6 Å². The Morgan fingerprint density at radius 1 is 1.09 bits per heavy atom. The molecule has 0 saturated heterocycles. The number of tetrazole rings is 1. The molecule has 2 amide bonds. The fourth-order valence-corrected chi connectivity index (χ4v) is 4.20. The predicted molar refractivity (Wildman–Crippen MR) is 122 cm³/mol. The molecule has 32 heavy (non-hydrogen) atoms. The number of fused-ring (bicyclic) bond motifs is 1. The molecule has 1 aliphatic rings. The molecule has 2 aromatic carbocycles. The summed E-state index contributed by atoms with van der Waals surface area (Å²) >= 11 is 1.25. The molecule has 0 spiro atoms. The van der Waals surface area contributed by atoms with E-state index < -0.39 is 0 Å². The molecule has 1 aromatic heterocycles. The molecule has 0 aliphatic carbocycles. The molecule has 9 nitrogen and oxygen atoms in total. The lowest BCUT2D eigenvalue weighted by Crippen LogP contribution is -2.37. The van der Waals surface area contributed by atoms with Crippen LogP contribution in [0.15, 0.2) is 53.7 Å². The Hall–Kier alpha value is -3.24. The molecule has 0 bridgehead atoms. The Balaban J connectivity index is 1.19. The normalized spacial score (nSPS) is 13.4. The number of rotatable bonds is 8. The summed E-state index contributed by atoms with van der Waals surface area (Å²) in [6.07, 6.45) is 1.05. The molecule has 2 N–H and O–H groups in total. The molecular formula is C22H25N7O2S. The lowest BCUT2D eigenvalue weighted by molar-refractivity contribution is -0.113. The number of hydrogen-bond donors (Lipinski definition) is 2. The van der Waals surface area contributed by atoms with Gasteiger partial charge < -0.3 is 10.6 Å². The fourth-order valence-electron chi connectivity index (χ4n) is 3.55. The van der Waals surface area contributed by atoms with Crippen molar-refractivity contribution in [2.45, 2.75) is 18.1 Å². The van der Waals surface area contributed by atoms with Crippen molar-refractivity contribution in [1.29, 1.82) is 0 Å². The summed E-state index contributed by atoms with van der Waals surface area (Å²) in [5.41, 5.74) is 3.99. The number of anilines is 1. The zero-order valence-corrected chi connectivity index (χ0v) is 18.6. The Bertz CT molecular complexity index is 1080. The van der Waals surface area contributed by atoms with E-state index in [0.717, 1.165) is 26.1 Å². The van der Waals surface area contributed by atoms with Crippen LogP contribution in [0.5, 0.6) is 0 Å². The Labute approximate surface area is 190 Å². The van der Waals surface area contributed by atoms with Crippen molar-refractivity contribution in [3.63, 3.8) is 0 Å². The van der Waals surface area contributed by atoms with Crippen LogP contribution in [0.2, 0.25) is 0 Å². The highest BCUT2D eigenvalue weighted by Crippen LogP contribution is 2.18. The molecule has 4 rings (SSSR count). The molecule has 166 valence electrons. The minimum absolute atomic E-state index is 0.120. The van der Waals surface area contributed by atoms with Gasteiger partial charge in [0.1, 0.15) is 0 Å². The van der Waals surface area contributed by atoms with Crippen LogP contribution in [0.1, 0.15) is 21.5 Å². The zero-order valence-electron chi connectivity index (χ0n) is 17.8. The fraction of sp³-hybridized carbons (Fsp3) is 0.318. The number of benzene rings is 2. The van der Waals surface area contributed by atoms with Gasteiger partial charge in [-0.1, -0.05) is 36.0 Å². The van der Waals surface area contributed by atoms with Crippen molar-refractivity contribution in [3.8, 4) is 0 Å². The van der Waals surface area contributed by atoms with Gasteiger partial charge >= 0.3 is 0 Å². The zero-order chi connectivity index (χ0) is 22.3. The summed E-state index contributed by atoms with van der Waals surface area (Å²) < 4.78 is 1.51. The van der Waals surface area contributed by atoms with Crippen LogP contribution in [-0.4, -0.2) is 62.3 Å². The number of carbonyl (C=O) groups excluding carboxylic acids is 2. The first-order valence-corrected chi connectivity index (χ1v) is 11.4. The van der Waals surface area contributed by atoms with Gasteiger partial charge in [-0.3, -0.25) is 14.5 Å². The van der Waals surface area contributed by atoms with E-state index in [1.165, 1.54) is 27.6 Å². The summed E-state index contributed by atoms with van der Waals surface area (Å²) in [6.45, 7) is 3.33. The van der Waals surface area contributed by atoms with E-state index >= 15 is 0 Å². The highest BCUT2D eigenvalue weighted by atomic mass is 32.2. The van der Waals surface area contributed by atoms with Crippen LogP contribution in [0.4, 0.5) is 5.69 Å². The second-order valence-corrected chi connectivity index (χ2v) is 8.49. The molecular weight excluding hydrogens is 426 g/mol. The summed E-state index contributed by atoms with van der Waals surface area (Å²) in [5.74, 6) is -0.0961. The minimum Gasteiger partial charge on any atom is -0.351 e. The molecule has 2 heterocycles. The summed E-state index contributed by atoms with van der Waals surface area (Å²) in [5, 5.41) is 17.4. The van der Waals surface area contributed by atoms with Crippen LogP contribution < -0.4 is 10.6 Å². The lowest BCUT2D eigenvalue weighted by Gasteiger charge is -2.28. The standard InChI is InChI=1S/C22H25N7O2S/c1-28-22(25-26-27-28)32-15-20(30)24-19-8-6-17(7-9-19)21(31)23-11-13-29-12-10-16-4-2-3-5-18(16)14-29/h2-9H,10-15H2,1H3,(H,23,31)(H,24,30). The highest BCUT2D eigenvalue weighted by molar-refractivity contribution is 7.99. The Morgan fingerprint density at radius 3 is 2.62 bits per heavy atom. The van der Waals surface area contributed by atoms with Crippen molar-refractivity contribution in [1.82, 2.24) is 30.4 Å². The smallest absolute Gasteiger partial charge is 0.251 e. The van der Waals surface area contributed by atoms with Gasteiger partial charge in [-0.15, -0.1) is 5.10 Å². The number of carbonyl (C=O) groups is 2. The third-order valence-corrected chi connectivity index (χ3v) is 6.28. The summed E-state index contributed by atoms with van der Waals surface area (Å²) in [4.78, 5) is 26.9. The van der Waals surface area contributed by atoms with Gasteiger partial charge in [0, 0.05) is 44.5 Å². The van der Waals surface area contributed by atoms with Gasteiger partial charge in [0.15, 0.2) is 0 Å². The summed E-state index contributed by atoms with van der Waals surface area (Å²) in [6, 6.07) is 15.4. The second kappa shape index (κ2) is 10.4. The van der Waals surface area contributed by atoms with Gasteiger partial charge in [-0.2, -0.15) is 0 Å². The van der Waals surface area contributed by atoms with Crippen LogP contribution >= 0.6 is 11.8 Å². The van der Waals surface area contributed by atoms with Crippen molar-refractivity contribution in [2.75, 3.05) is 30.7 Å². The van der Waals surface area contributed by atoms with E-state index in [0.29, 0.717) is 23.0 Å². The average molecular weight is 452 g/mol. The number of nitrogens with zero attached hydrogens (tertiary/aromatic N) is 5. The topological polar surface area (TPSA) is 105 Å². The predicted octanol–water partition coefficient (Wildman–Crippen LogP) is 1.73. The number of nitrogens with one attached hydrogen (secondary N) is 2. The number of aryl methyl sites for hydroxylation is 1. The molecule has 0 atom stereocenters. The first kappa shape index (κ1) is 22.0. The van der Waals surface area contributed by atoms with Crippen molar-refractivity contribution in [2.24, 2.45) is 7.05 Å². The van der Waals surface area contributed by atoms with Gasteiger partial charge in [0.2, 0.25) is 11.1 Å². The van der Waals surface area contributed by atoms with Crippen molar-refractivity contribution >= 4 is 29.3 Å². The lowest BCUT2D eigenvalue weighted by atomic mass is 10.00. The van der Waals surface area contributed by atoms with Crippen LogP contribution in [0, 0.1) is 0 Å². The van der Waals surface area contributed by atoms with Crippen LogP contribution in [-0.2, 0) is 24.8 Å². The second-order valence-electron chi connectivity index (χ2n) is 7.55. The van der Waals surface area contributed by atoms with Gasteiger partial charge in [-0.05, 0) is 52.2 Å². The van der Waals surface area contributed by atoms with E-state index in [2.05, 4.69) is 55.3 Å². The van der Waals surface area contributed by atoms with Crippen LogP contribution in [0.3, 0.4) is 0 Å². The maximum absolute atomic E-state index is 12.4. The van der Waals surface area contributed by atoms with E-state index in [4.69, 9.17) is 0 Å². The maximum atomic E-state index is 12.4. The Morgan fingerprint density at radius 2 is 1.88 bits per heavy atom. The minimum atomic E-state index is -0.168. The third kappa shape index (κ3) is 5.71. The van der Waals surface area contributed by atoms with E-state index in [1.807, 2.05) is 0 Å². The number of aromatic nitrogens is 4. The van der Waals surface area contributed by atoms with E-state index in [1.54, 1.807) is 31.3 Å². The molecule has 0 saturated carbocycles. The monoisotopic (exact) mass is 451 g/mol. The largest absolute Gasteiger partial charge is 0.351 e. The van der Waals surface area contributed by atoms with Crippen molar-refractivity contribution in [3.05, 3.63) is 65.2 Å². The van der Waals surface area contributed by atoms with E-state index in [9.17, 15) is 9.59 Å². The van der Waals surface area contributed by atoms with Gasteiger partial charge in [0.25, 0.3) is 5.91 Å². The first-order chi connectivity index (χ1) is 15.6. The molecule has 10 heteroatoms. The maximum Gasteiger partial charge on any atom is 0.251 e. The van der Waals surface area contributed by atoms with Gasteiger partial charge in [0.05, 0.1) is 5.75 Å².